The molecule has 2 aromatic heterocycles. The molecular weight excluding hydrogens is 442 g/mol. The van der Waals surface area contributed by atoms with Gasteiger partial charge in [0, 0.05) is 17.1 Å². The second kappa shape index (κ2) is 8.86. The van der Waals surface area contributed by atoms with E-state index in [9.17, 15) is 19.8 Å². The van der Waals surface area contributed by atoms with Gasteiger partial charge in [0.25, 0.3) is 5.56 Å². The van der Waals surface area contributed by atoms with Gasteiger partial charge >= 0.3 is 5.69 Å². The maximum atomic E-state index is 12.4. The summed E-state index contributed by atoms with van der Waals surface area (Å²) >= 11 is 0. The van der Waals surface area contributed by atoms with Crippen molar-refractivity contribution in [3.8, 4) is 5.75 Å². The Morgan fingerprint density at radius 3 is 2.76 bits per heavy atom. The summed E-state index contributed by atoms with van der Waals surface area (Å²) in [6, 6.07) is 12.8. The molecule has 2 aromatic carbocycles. The predicted octanol–water partition coefficient (Wildman–Crippen LogP) is 0.661. The highest BCUT2D eigenvalue weighted by molar-refractivity contribution is 5.88. The Hall–Kier alpha value is -3.80. The third kappa shape index (κ3) is 3.89. The Labute approximate surface area is 192 Å². The molecule has 1 fully saturated rings. The number of hydrogen-bond acceptors (Lipinski definition) is 8. The Bertz CT molecular complexity index is 1440. The first-order chi connectivity index (χ1) is 16.5. The zero-order valence-electron chi connectivity index (χ0n) is 18.2. The van der Waals surface area contributed by atoms with Gasteiger partial charge in [-0.25, -0.2) is 9.48 Å². The lowest BCUT2D eigenvalue weighted by Crippen LogP contribution is -2.37. The number of aromatic amines is 1. The maximum Gasteiger partial charge on any atom is 0.330 e. The first-order valence-corrected chi connectivity index (χ1v) is 10.7. The molecule has 176 valence electrons. The molecule has 4 aromatic rings. The van der Waals surface area contributed by atoms with Crippen molar-refractivity contribution in [1.82, 2.24) is 24.5 Å². The van der Waals surface area contributed by atoms with Gasteiger partial charge in [-0.05, 0) is 18.4 Å². The van der Waals surface area contributed by atoms with E-state index in [1.165, 1.54) is 15.4 Å². The van der Waals surface area contributed by atoms with Gasteiger partial charge in [-0.1, -0.05) is 41.6 Å². The minimum absolute atomic E-state index is 0.128. The molecule has 0 unspecified atom stereocenters. The van der Waals surface area contributed by atoms with Gasteiger partial charge in [-0.2, -0.15) is 0 Å². The van der Waals surface area contributed by atoms with Crippen LogP contribution in [-0.2, 0) is 11.3 Å². The van der Waals surface area contributed by atoms with Gasteiger partial charge in [0.15, 0.2) is 6.23 Å². The third-order valence-corrected chi connectivity index (χ3v) is 5.93. The first-order valence-electron chi connectivity index (χ1n) is 10.7. The fourth-order valence-corrected chi connectivity index (χ4v) is 4.17. The first kappa shape index (κ1) is 22.0. The van der Waals surface area contributed by atoms with Crippen molar-refractivity contribution < 1.29 is 19.7 Å². The number of nitrogens with one attached hydrogen (secondary N) is 1. The summed E-state index contributed by atoms with van der Waals surface area (Å²) in [6.45, 7) is 1.22. The van der Waals surface area contributed by atoms with Gasteiger partial charge in [-0.15, -0.1) is 5.10 Å². The molecule has 0 amide bonds. The fraction of sp³-hybridized carbons (Fsp3) is 0.304. The number of hydrogen-bond donors (Lipinski definition) is 3. The largest absolute Gasteiger partial charge is 0.487 e. The number of rotatable bonds is 6. The summed E-state index contributed by atoms with van der Waals surface area (Å²) in [6.07, 6.45) is -0.203. The lowest BCUT2D eigenvalue weighted by atomic mass is 10.1. The van der Waals surface area contributed by atoms with Crippen LogP contribution in [-0.4, -0.2) is 53.6 Å². The maximum absolute atomic E-state index is 12.4. The lowest BCUT2D eigenvalue weighted by Gasteiger charge is -2.21. The monoisotopic (exact) mass is 465 g/mol. The third-order valence-electron chi connectivity index (χ3n) is 5.93. The summed E-state index contributed by atoms with van der Waals surface area (Å²) in [4.78, 5) is 26.4. The van der Waals surface area contributed by atoms with E-state index >= 15 is 0 Å². The number of aromatic nitrogens is 5. The van der Waals surface area contributed by atoms with Gasteiger partial charge < -0.3 is 19.7 Å². The van der Waals surface area contributed by atoms with Gasteiger partial charge in [0.05, 0.1) is 12.8 Å². The zero-order valence-corrected chi connectivity index (χ0v) is 18.2. The summed E-state index contributed by atoms with van der Waals surface area (Å²) < 4.78 is 14.3. The number of ether oxygens (including phenoxy) is 2. The molecule has 1 aliphatic heterocycles. The van der Waals surface area contributed by atoms with Crippen molar-refractivity contribution in [2.45, 2.75) is 38.0 Å². The number of aliphatic hydroxyl groups excluding tert-OH is 2. The second-order valence-corrected chi connectivity index (χ2v) is 8.16. The van der Waals surface area contributed by atoms with E-state index in [2.05, 4.69) is 15.3 Å². The molecular formula is C23H23N5O6. The Balaban J connectivity index is 1.42. The molecule has 1 aliphatic rings. The summed E-state index contributed by atoms with van der Waals surface area (Å²) in [7, 11) is 0. The molecule has 3 heterocycles. The molecule has 0 spiro atoms. The molecule has 4 atom stereocenters. The highest BCUT2D eigenvalue weighted by atomic mass is 16.5. The second-order valence-electron chi connectivity index (χ2n) is 8.16. The van der Waals surface area contributed by atoms with Crippen molar-refractivity contribution >= 4 is 10.8 Å². The number of H-pyrrole nitrogens is 1. The average Bonchev–Trinajstić information content (AvgIpc) is 3.43. The van der Waals surface area contributed by atoms with Gasteiger partial charge in [-0.3, -0.25) is 14.3 Å². The molecule has 11 nitrogen and oxygen atoms in total. The van der Waals surface area contributed by atoms with E-state index in [4.69, 9.17) is 9.47 Å². The van der Waals surface area contributed by atoms with E-state index < -0.39 is 42.3 Å². The van der Waals surface area contributed by atoms with E-state index in [1.54, 1.807) is 13.1 Å². The van der Waals surface area contributed by atoms with Crippen molar-refractivity contribution in [2.75, 3.05) is 6.61 Å². The molecule has 5 rings (SSSR count). The van der Waals surface area contributed by atoms with Gasteiger partial charge in [0.2, 0.25) is 0 Å². The molecule has 1 saturated heterocycles. The van der Waals surface area contributed by atoms with Crippen LogP contribution in [0.2, 0.25) is 0 Å². The van der Waals surface area contributed by atoms with Crippen LogP contribution in [0, 0.1) is 6.92 Å². The Kier molecular flexibility index (Phi) is 5.74. The van der Waals surface area contributed by atoms with Crippen LogP contribution in [0.15, 0.2) is 64.4 Å². The Morgan fingerprint density at radius 1 is 1.15 bits per heavy atom. The lowest BCUT2D eigenvalue weighted by molar-refractivity contribution is -0.0480. The van der Waals surface area contributed by atoms with Crippen molar-refractivity contribution in [3.05, 3.63) is 87.0 Å². The minimum atomic E-state index is -1.18. The smallest absolute Gasteiger partial charge is 0.330 e. The SMILES string of the molecule is Cc1cn([C@@H]2O[C@H](CO)[C@@H](O)[C@H]2n2cc(COc3cccc4ccccc34)nn2)c(=O)[nH]c1=O. The summed E-state index contributed by atoms with van der Waals surface area (Å²) in [5, 5.41) is 30.7. The predicted molar refractivity (Wildman–Crippen MR) is 120 cm³/mol. The van der Waals surface area contributed by atoms with Crippen LogP contribution in [0.5, 0.6) is 5.75 Å². The molecule has 34 heavy (non-hydrogen) atoms. The van der Waals surface area contributed by atoms with E-state index in [-0.39, 0.29) is 6.61 Å². The highest BCUT2D eigenvalue weighted by Crippen LogP contribution is 2.37. The van der Waals surface area contributed by atoms with Crippen LogP contribution in [0.25, 0.3) is 10.8 Å². The molecule has 0 radical (unpaired) electrons. The van der Waals surface area contributed by atoms with E-state index in [0.717, 1.165) is 10.8 Å². The Morgan fingerprint density at radius 2 is 1.94 bits per heavy atom. The number of nitrogens with zero attached hydrogens (tertiary/aromatic N) is 4. The number of aliphatic hydroxyl groups is 2. The standard InChI is InChI=1S/C23H23N5O6/c1-13-9-27(23(32)24-21(13)31)22-19(20(30)18(11-29)34-22)28-10-15(25-26-28)12-33-17-8-4-6-14-5-2-3-7-16(14)17/h2-10,18-20,22,29-30H,11-12H2,1H3,(H,24,31,32)/t18-,19-,20-,22-/m1/s1. The van der Waals surface area contributed by atoms with Crippen molar-refractivity contribution in [3.63, 3.8) is 0 Å². The molecule has 11 heteroatoms. The van der Waals surface area contributed by atoms with Crippen LogP contribution >= 0.6 is 0 Å². The minimum Gasteiger partial charge on any atom is -0.487 e. The van der Waals surface area contributed by atoms with Gasteiger partial charge in [0.1, 0.15) is 36.3 Å². The number of aryl methyl sites for hydroxylation is 1. The van der Waals surface area contributed by atoms with E-state index in [1.807, 2.05) is 42.5 Å². The van der Waals surface area contributed by atoms with E-state index in [0.29, 0.717) is 17.0 Å². The average molecular weight is 465 g/mol. The normalized spacial score (nSPS) is 22.3. The van der Waals surface area contributed by atoms with Crippen molar-refractivity contribution in [2.24, 2.45) is 0 Å². The topological polar surface area (TPSA) is 144 Å². The van der Waals surface area contributed by atoms with Crippen LogP contribution in [0.1, 0.15) is 23.5 Å². The highest BCUT2D eigenvalue weighted by Gasteiger charge is 2.46. The fourth-order valence-electron chi connectivity index (χ4n) is 4.17. The van der Waals surface area contributed by atoms with Crippen molar-refractivity contribution in [1.29, 1.82) is 0 Å². The number of fused-ring (bicyclic) bond motifs is 1. The quantitative estimate of drug-likeness (QED) is 0.377. The summed E-state index contributed by atoms with van der Waals surface area (Å²) in [5.41, 5.74) is -0.414. The molecule has 3 N–H and O–H groups in total. The van der Waals surface area contributed by atoms with Crippen LogP contribution in [0.3, 0.4) is 0 Å². The van der Waals surface area contributed by atoms with Crippen LogP contribution < -0.4 is 16.0 Å². The van der Waals surface area contributed by atoms with Crippen LogP contribution in [0.4, 0.5) is 0 Å². The molecule has 0 bridgehead atoms. The number of benzene rings is 2. The molecule has 0 aliphatic carbocycles. The molecule has 0 saturated carbocycles. The summed E-state index contributed by atoms with van der Waals surface area (Å²) in [5.74, 6) is 0.699. The zero-order chi connectivity index (χ0) is 23.8.